The van der Waals surface area contributed by atoms with Crippen LogP contribution in [0.1, 0.15) is 10.4 Å². The molecule has 0 radical (unpaired) electrons. The van der Waals surface area contributed by atoms with Crippen molar-refractivity contribution in [2.24, 2.45) is 0 Å². The zero-order chi connectivity index (χ0) is 18.5. The Hall–Kier alpha value is -1.69. The monoisotopic (exact) mass is 408 g/mol. The highest BCUT2D eigenvalue weighted by Gasteiger charge is 2.23. The minimum atomic E-state index is -0.0235. The van der Waals surface area contributed by atoms with E-state index in [1.54, 1.807) is 18.2 Å². The lowest BCUT2D eigenvalue weighted by molar-refractivity contribution is -0.105. The Morgan fingerprint density at radius 2 is 1.85 bits per heavy atom. The smallest absolute Gasteiger partial charge is 0.254 e. The van der Waals surface area contributed by atoms with Gasteiger partial charge in [-0.05, 0) is 36.4 Å². The van der Waals surface area contributed by atoms with E-state index >= 15 is 0 Å². The molecular weight excluding hydrogens is 391 g/mol. The molecule has 0 bridgehead atoms. The molecule has 1 aliphatic heterocycles. The molecule has 0 aromatic heterocycles. The third-order valence-corrected chi connectivity index (χ3v) is 5.86. The first-order valence-corrected chi connectivity index (χ1v) is 9.98. The van der Waals surface area contributed by atoms with Crippen LogP contribution in [0.5, 0.6) is 0 Å². The van der Waals surface area contributed by atoms with E-state index in [0.29, 0.717) is 34.5 Å². The number of halogens is 2. The Bertz CT molecular complexity index is 808. The molecular formula is C19H18Cl2N2O2S. The van der Waals surface area contributed by atoms with Gasteiger partial charge in [0.1, 0.15) is 6.29 Å². The summed E-state index contributed by atoms with van der Waals surface area (Å²) in [7, 11) is 0. The molecule has 0 saturated carbocycles. The first-order valence-electron chi connectivity index (χ1n) is 8.24. The van der Waals surface area contributed by atoms with Crippen molar-refractivity contribution in [1.82, 2.24) is 4.90 Å². The van der Waals surface area contributed by atoms with E-state index in [1.807, 2.05) is 29.2 Å². The second-order valence-electron chi connectivity index (χ2n) is 5.88. The van der Waals surface area contributed by atoms with Crippen molar-refractivity contribution in [1.29, 1.82) is 0 Å². The molecule has 1 amide bonds. The normalized spacial score (nSPS) is 14.4. The predicted molar refractivity (Wildman–Crippen MR) is 108 cm³/mol. The molecule has 1 heterocycles. The lowest BCUT2D eigenvalue weighted by Gasteiger charge is -2.36. The SMILES string of the molecule is O=CCSc1ccc(C(=O)N2CCN(c3cccc(Cl)c3)CC2)cc1Cl. The lowest BCUT2D eigenvalue weighted by atomic mass is 10.1. The van der Waals surface area contributed by atoms with E-state index in [1.165, 1.54) is 11.8 Å². The summed E-state index contributed by atoms with van der Waals surface area (Å²) in [5.41, 5.74) is 1.64. The van der Waals surface area contributed by atoms with Crippen LogP contribution in [0.25, 0.3) is 0 Å². The lowest BCUT2D eigenvalue weighted by Crippen LogP contribution is -2.48. The maximum Gasteiger partial charge on any atom is 0.254 e. The summed E-state index contributed by atoms with van der Waals surface area (Å²) in [4.78, 5) is 28.1. The summed E-state index contributed by atoms with van der Waals surface area (Å²) in [6.07, 6.45) is 0.833. The van der Waals surface area contributed by atoms with Crippen molar-refractivity contribution in [3.8, 4) is 0 Å². The van der Waals surface area contributed by atoms with Crippen LogP contribution in [0.4, 0.5) is 5.69 Å². The number of carbonyl (C=O) groups is 2. The summed E-state index contributed by atoms with van der Waals surface area (Å²) in [5.74, 6) is 0.322. The number of anilines is 1. The molecule has 3 rings (SSSR count). The molecule has 0 N–H and O–H groups in total. The third kappa shape index (κ3) is 4.53. The largest absolute Gasteiger partial charge is 0.368 e. The van der Waals surface area contributed by atoms with Gasteiger partial charge in [-0.25, -0.2) is 0 Å². The van der Waals surface area contributed by atoms with Gasteiger partial charge in [0, 0.05) is 47.3 Å². The first-order chi connectivity index (χ1) is 12.6. The van der Waals surface area contributed by atoms with E-state index in [0.717, 1.165) is 30.0 Å². The molecule has 0 spiro atoms. The molecule has 1 saturated heterocycles. The van der Waals surface area contributed by atoms with Crippen molar-refractivity contribution < 1.29 is 9.59 Å². The summed E-state index contributed by atoms with van der Waals surface area (Å²) < 4.78 is 0. The highest BCUT2D eigenvalue weighted by molar-refractivity contribution is 8.00. The number of aldehydes is 1. The van der Waals surface area contributed by atoms with Crippen LogP contribution in [0, 0.1) is 0 Å². The summed E-state index contributed by atoms with van der Waals surface area (Å²) in [6, 6.07) is 13.0. The number of hydrogen-bond donors (Lipinski definition) is 0. The van der Waals surface area contributed by atoms with Crippen molar-refractivity contribution >= 4 is 52.8 Å². The van der Waals surface area contributed by atoms with Crippen LogP contribution in [-0.4, -0.2) is 49.0 Å². The Labute approximate surface area is 167 Å². The van der Waals surface area contributed by atoms with Gasteiger partial charge in [-0.1, -0.05) is 29.3 Å². The van der Waals surface area contributed by atoms with Crippen molar-refractivity contribution in [3.05, 3.63) is 58.1 Å². The molecule has 2 aromatic rings. The molecule has 0 atom stereocenters. The third-order valence-electron chi connectivity index (χ3n) is 4.23. The second kappa shape index (κ2) is 8.80. The van der Waals surface area contributed by atoms with E-state index < -0.39 is 0 Å². The van der Waals surface area contributed by atoms with Crippen LogP contribution < -0.4 is 4.90 Å². The summed E-state index contributed by atoms with van der Waals surface area (Å²) in [5, 5.41) is 1.21. The molecule has 1 fully saturated rings. The number of rotatable bonds is 5. The number of carbonyl (C=O) groups excluding carboxylic acids is 2. The van der Waals surface area contributed by atoms with Crippen molar-refractivity contribution in [2.45, 2.75) is 4.90 Å². The zero-order valence-electron chi connectivity index (χ0n) is 14.0. The van der Waals surface area contributed by atoms with Gasteiger partial charge in [0.05, 0.1) is 10.8 Å². The molecule has 7 heteroatoms. The van der Waals surface area contributed by atoms with E-state index in [2.05, 4.69) is 4.90 Å². The van der Waals surface area contributed by atoms with Gasteiger partial charge >= 0.3 is 0 Å². The number of piperazine rings is 1. The Morgan fingerprint density at radius 1 is 1.08 bits per heavy atom. The summed E-state index contributed by atoms with van der Waals surface area (Å²) >= 11 is 13.7. The van der Waals surface area contributed by atoms with Crippen molar-refractivity contribution in [2.75, 3.05) is 36.8 Å². The molecule has 2 aromatic carbocycles. The van der Waals surface area contributed by atoms with Crippen LogP contribution in [-0.2, 0) is 4.79 Å². The number of nitrogens with zero attached hydrogens (tertiary/aromatic N) is 2. The van der Waals surface area contributed by atoms with E-state index in [9.17, 15) is 9.59 Å². The fraction of sp³-hybridized carbons (Fsp3) is 0.263. The minimum Gasteiger partial charge on any atom is -0.368 e. The highest BCUT2D eigenvalue weighted by Crippen LogP contribution is 2.28. The topological polar surface area (TPSA) is 40.6 Å². The predicted octanol–water partition coefficient (Wildman–Crippen LogP) is 4.25. The average molecular weight is 409 g/mol. The van der Waals surface area contributed by atoms with Gasteiger partial charge in [0.25, 0.3) is 5.91 Å². The number of thioether (sulfide) groups is 1. The maximum atomic E-state index is 12.7. The molecule has 0 unspecified atom stereocenters. The first kappa shape index (κ1) is 19.1. The second-order valence-corrected chi connectivity index (χ2v) is 7.79. The highest BCUT2D eigenvalue weighted by atomic mass is 35.5. The van der Waals surface area contributed by atoms with E-state index in [-0.39, 0.29) is 5.91 Å². The van der Waals surface area contributed by atoms with Crippen LogP contribution in [0.3, 0.4) is 0 Å². The Balaban J connectivity index is 1.63. The van der Waals surface area contributed by atoms with Gasteiger partial charge in [0.15, 0.2) is 0 Å². The maximum absolute atomic E-state index is 12.7. The van der Waals surface area contributed by atoms with E-state index in [4.69, 9.17) is 23.2 Å². The van der Waals surface area contributed by atoms with Crippen molar-refractivity contribution in [3.63, 3.8) is 0 Å². The number of amides is 1. The van der Waals surface area contributed by atoms with Crippen LogP contribution >= 0.6 is 35.0 Å². The zero-order valence-corrected chi connectivity index (χ0v) is 16.4. The molecule has 26 heavy (non-hydrogen) atoms. The van der Waals surface area contributed by atoms with Gasteiger partial charge in [-0.15, -0.1) is 11.8 Å². The fourth-order valence-corrected chi connectivity index (χ4v) is 4.04. The Kier molecular flexibility index (Phi) is 6.46. The quantitative estimate of drug-likeness (QED) is 0.547. The number of benzene rings is 2. The van der Waals surface area contributed by atoms with Gasteiger partial charge in [0.2, 0.25) is 0 Å². The van der Waals surface area contributed by atoms with Crippen LogP contribution in [0.15, 0.2) is 47.4 Å². The number of hydrogen-bond acceptors (Lipinski definition) is 4. The average Bonchev–Trinajstić information content (AvgIpc) is 2.66. The molecule has 136 valence electrons. The molecule has 0 aliphatic carbocycles. The summed E-state index contributed by atoms with van der Waals surface area (Å²) in [6.45, 7) is 2.80. The minimum absolute atomic E-state index is 0.0235. The molecule has 4 nitrogen and oxygen atoms in total. The van der Waals surface area contributed by atoms with Crippen LogP contribution in [0.2, 0.25) is 10.0 Å². The Morgan fingerprint density at radius 3 is 2.50 bits per heavy atom. The molecule has 1 aliphatic rings. The van der Waals surface area contributed by atoms with Gasteiger partial charge in [-0.3, -0.25) is 4.79 Å². The standard InChI is InChI=1S/C19H18Cl2N2O2S/c20-15-2-1-3-16(13-15)22-6-8-23(9-7-22)19(25)14-4-5-18(17(21)12-14)26-11-10-24/h1-5,10,12-13H,6-9,11H2. The van der Waals surface area contributed by atoms with Gasteiger partial charge < -0.3 is 14.6 Å². The fourth-order valence-electron chi connectivity index (χ4n) is 2.90. The van der Waals surface area contributed by atoms with Gasteiger partial charge in [-0.2, -0.15) is 0 Å².